The average Bonchev–Trinajstić information content (AvgIpc) is 2.54. The van der Waals surface area contributed by atoms with Crippen LogP contribution in [0, 0.1) is 5.41 Å². The molecule has 0 atom stereocenters. The maximum Gasteiger partial charge on any atom is 0.416 e. The molecule has 0 aromatic heterocycles. The Morgan fingerprint density at radius 3 is 2.29 bits per heavy atom. The van der Waals surface area contributed by atoms with Crippen LogP contribution in [0.25, 0.3) is 0 Å². The zero-order valence-corrected chi connectivity index (χ0v) is 13.7. The van der Waals surface area contributed by atoms with Gasteiger partial charge >= 0.3 is 6.18 Å². The van der Waals surface area contributed by atoms with Gasteiger partial charge in [-0.15, -0.1) is 0 Å². The molecule has 1 N–H and O–H groups in total. The molecule has 7 heteroatoms. The summed E-state index contributed by atoms with van der Waals surface area (Å²) >= 11 is 0. The topological polar surface area (TPSA) is 49.4 Å². The van der Waals surface area contributed by atoms with Crippen molar-refractivity contribution >= 4 is 17.5 Å². The third-order valence-electron chi connectivity index (χ3n) is 4.19. The van der Waals surface area contributed by atoms with Gasteiger partial charge in [-0.3, -0.25) is 9.59 Å². The van der Waals surface area contributed by atoms with Crippen LogP contribution in [0.3, 0.4) is 0 Å². The van der Waals surface area contributed by atoms with Crippen molar-refractivity contribution in [1.29, 1.82) is 0 Å². The number of amides is 2. The Morgan fingerprint density at radius 2 is 1.71 bits per heavy atom. The van der Waals surface area contributed by atoms with Crippen molar-refractivity contribution in [2.45, 2.75) is 39.3 Å². The van der Waals surface area contributed by atoms with E-state index >= 15 is 0 Å². The number of nitrogens with zero attached hydrogens (tertiary/aromatic N) is 1. The Bertz CT molecular complexity index is 621. The number of anilines is 1. The van der Waals surface area contributed by atoms with Crippen molar-refractivity contribution < 1.29 is 22.8 Å². The number of hydrogen-bond acceptors (Lipinski definition) is 2. The van der Waals surface area contributed by atoms with Gasteiger partial charge in [-0.25, -0.2) is 0 Å². The Labute approximate surface area is 139 Å². The third kappa shape index (κ3) is 4.07. The van der Waals surface area contributed by atoms with Crippen molar-refractivity contribution in [3.05, 3.63) is 29.8 Å². The molecule has 4 nitrogen and oxygen atoms in total. The zero-order chi connectivity index (χ0) is 18.0. The minimum atomic E-state index is -4.49. The molecule has 2 amide bonds. The number of halogens is 3. The third-order valence-corrected chi connectivity index (χ3v) is 4.19. The highest BCUT2D eigenvalue weighted by Gasteiger charge is 2.39. The summed E-state index contributed by atoms with van der Waals surface area (Å²) in [4.78, 5) is 26.7. The lowest BCUT2D eigenvalue weighted by atomic mass is 9.89. The smallest absolute Gasteiger partial charge is 0.342 e. The lowest BCUT2D eigenvalue weighted by molar-refractivity contribution is -0.147. The number of benzene rings is 1. The number of carbonyl (C=O) groups excluding carboxylic acids is 2. The van der Waals surface area contributed by atoms with E-state index in [1.807, 2.05) is 0 Å². The summed E-state index contributed by atoms with van der Waals surface area (Å²) in [6.07, 6.45) is -1.63. The van der Waals surface area contributed by atoms with Crippen LogP contribution in [0.5, 0.6) is 0 Å². The van der Waals surface area contributed by atoms with Gasteiger partial charge in [0.25, 0.3) is 0 Å². The van der Waals surface area contributed by atoms with Gasteiger partial charge in [-0.05, 0) is 51.3 Å². The second-order valence-corrected chi connectivity index (χ2v) is 6.51. The normalized spacial score (nSPS) is 16.0. The van der Waals surface area contributed by atoms with Crippen LogP contribution >= 0.6 is 0 Å². The van der Waals surface area contributed by atoms with Crippen LogP contribution in [0.4, 0.5) is 18.9 Å². The van der Waals surface area contributed by atoms with Crippen molar-refractivity contribution in [1.82, 2.24) is 4.90 Å². The van der Waals surface area contributed by atoms with Gasteiger partial charge in [0.15, 0.2) is 0 Å². The van der Waals surface area contributed by atoms with E-state index in [1.54, 1.807) is 4.90 Å². The minimum absolute atomic E-state index is 0.0225. The fraction of sp³-hybridized carbons (Fsp3) is 0.529. The van der Waals surface area contributed by atoms with Crippen LogP contribution in [0.15, 0.2) is 24.3 Å². The summed E-state index contributed by atoms with van der Waals surface area (Å²) in [5, 5.41) is 2.43. The molecule has 132 valence electrons. The second kappa shape index (κ2) is 6.83. The Hall–Kier alpha value is -2.05. The zero-order valence-electron chi connectivity index (χ0n) is 13.7. The van der Waals surface area contributed by atoms with E-state index in [4.69, 9.17) is 0 Å². The number of carbonyl (C=O) groups is 2. The van der Waals surface area contributed by atoms with Gasteiger partial charge in [0.1, 0.15) is 5.41 Å². The highest BCUT2D eigenvalue weighted by molar-refractivity contribution is 6.09. The van der Waals surface area contributed by atoms with E-state index in [-0.39, 0.29) is 11.6 Å². The van der Waals surface area contributed by atoms with Crippen molar-refractivity contribution in [2.75, 3.05) is 18.4 Å². The van der Waals surface area contributed by atoms with Crippen molar-refractivity contribution in [3.63, 3.8) is 0 Å². The molecule has 0 unspecified atom stereocenters. The molecular weight excluding hydrogens is 321 g/mol. The maximum absolute atomic E-state index is 12.7. The SMILES string of the molecule is CC(C)(C(=O)Nc1cccc(C(F)(F)F)c1)C(=O)N1CCCCC1. The van der Waals surface area contributed by atoms with E-state index in [2.05, 4.69) is 5.32 Å². The van der Waals surface area contributed by atoms with Gasteiger partial charge in [0.2, 0.25) is 11.8 Å². The van der Waals surface area contributed by atoms with Crippen LogP contribution in [-0.4, -0.2) is 29.8 Å². The second-order valence-electron chi connectivity index (χ2n) is 6.51. The molecule has 1 aliphatic heterocycles. The average molecular weight is 342 g/mol. The van der Waals surface area contributed by atoms with E-state index < -0.39 is 23.1 Å². The van der Waals surface area contributed by atoms with Gasteiger partial charge in [-0.2, -0.15) is 13.2 Å². The van der Waals surface area contributed by atoms with Crippen molar-refractivity contribution in [2.24, 2.45) is 5.41 Å². The minimum Gasteiger partial charge on any atom is -0.342 e. The van der Waals surface area contributed by atoms with Gasteiger partial charge in [-0.1, -0.05) is 6.07 Å². The lowest BCUT2D eigenvalue weighted by Crippen LogP contribution is -2.49. The van der Waals surface area contributed by atoms with Crippen LogP contribution in [0.2, 0.25) is 0 Å². The first-order valence-electron chi connectivity index (χ1n) is 7.90. The van der Waals surface area contributed by atoms with E-state index in [0.717, 1.165) is 31.4 Å². The summed E-state index contributed by atoms with van der Waals surface area (Å²) in [6.45, 7) is 4.21. The molecule has 0 spiro atoms. The van der Waals surface area contributed by atoms with Crippen LogP contribution in [0.1, 0.15) is 38.7 Å². The summed E-state index contributed by atoms with van der Waals surface area (Å²) < 4.78 is 38.2. The molecule has 24 heavy (non-hydrogen) atoms. The molecule has 1 heterocycles. The predicted octanol–water partition coefficient (Wildman–Crippen LogP) is 3.68. The number of nitrogens with one attached hydrogen (secondary N) is 1. The van der Waals surface area contributed by atoms with Crippen LogP contribution in [-0.2, 0) is 15.8 Å². The van der Waals surface area contributed by atoms with Gasteiger partial charge in [0.05, 0.1) is 5.56 Å². The summed E-state index contributed by atoms with van der Waals surface area (Å²) in [5.41, 5.74) is -2.17. The van der Waals surface area contributed by atoms with E-state index in [0.29, 0.717) is 13.1 Å². The Morgan fingerprint density at radius 1 is 1.08 bits per heavy atom. The molecule has 2 rings (SSSR count). The lowest BCUT2D eigenvalue weighted by Gasteiger charge is -2.33. The number of likely N-dealkylation sites (tertiary alicyclic amines) is 1. The monoisotopic (exact) mass is 342 g/mol. The predicted molar refractivity (Wildman–Crippen MR) is 84.3 cm³/mol. The first-order valence-corrected chi connectivity index (χ1v) is 7.90. The number of piperidine rings is 1. The van der Waals surface area contributed by atoms with E-state index in [9.17, 15) is 22.8 Å². The summed E-state index contributed by atoms with van der Waals surface area (Å²) in [7, 11) is 0. The molecule has 1 aromatic rings. The highest BCUT2D eigenvalue weighted by atomic mass is 19.4. The molecule has 1 fully saturated rings. The fourth-order valence-electron chi connectivity index (χ4n) is 2.65. The summed E-state index contributed by atoms with van der Waals surface area (Å²) in [6, 6.07) is 4.38. The summed E-state index contributed by atoms with van der Waals surface area (Å²) in [5.74, 6) is -0.913. The van der Waals surface area contributed by atoms with E-state index in [1.165, 1.54) is 26.0 Å². The maximum atomic E-state index is 12.7. The Kier molecular flexibility index (Phi) is 5.20. The molecule has 0 saturated carbocycles. The Balaban J connectivity index is 2.11. The standard InChI is InChI=1S/C17H21F3N2O2/c1-16(2,15(24)22-9-4-3-5-10-22)14(23)21-13-8-6-7-12(11-13)17(18,19)20/h6-8,11H,3-5,9-10H2,1-2H3,(H,21,23). The number of alkyl halides is 3. The number of hydrogen-bond donors (Lipinski definition) is 1. The molecule has 1 aliphatic rings. The highest BCUT2D eigenvalue weighted by Crippen LogP contribution is 2.31. The molecule has 1 saturated heterocycles. The van der Waals surface area contributed by atoms with Gasteiger partial charge in [0, 0.05) is 18.8 Å². The first kappa shape index (κ1) is 18.3. The molecule has 1 aromatic carbocycles. The largest absolute Gasteiger partial charge is 0.416 e. The molecule has 0 radical (unpaired) electrons. The fourth-order valence-corrected chi connectivity index (χ4v) is 2.65. The van der Waals surface area contributed by atoms with Crippen molar-refractivity contribution in [3.8, 4) is 0 Å². The molecule has 0 aliphatic carbocycles. The molecule has 0 bridgehead atoms. The quantitative estimate of drug-likeness (QED) is 0.852. The first-order chi connectivity index (χ1) is 11.1. The van der Waals surface area contributed by atoms with Crippen LogP contribution < -0.4 is 5.32 Å². The number of rotatable bonds is 3. The van der Waals surface area contributed by atoms with Gasteiger partial charge < -0.3 is 10.2 Å². The molecular formula is C17H21F3N2O2.